The SMILES string of the molecule is C.CC1=NC=CC1.CC1=NC=CC1.CC1=NC=CC1.CC1=NN=NC1.Cc1cn[nH]n1. The van der Waals surface area contributed by atoms with Gasteiger partial charge in [0.15, 0.2) is 0 Å². The Morgan fingerprint density at radius 1 is 0.710 bits per heavy atom. The van der Waals surface area contributed by atoms with Crippen LogP contribution in [0.4, 0.5) is 0 Å². The third-order valence-corrected chi connectivity index (χ3v) is 3.55. The lowest BCUT2D eigenvalue weighted by molar-refractivity contribution is 0.928. The number of nitrogens with one attached hydrogen (secondary N) is 1. The molecule has 0 saturated carbocycles. The van der Waals surface area contributed by atoms with Gasteiger partial charge in [0.2, 0.25) is 0 Å². The Morgan fingerprint density at radius 3 is 1.29 bits per heavy atom. The van der Waals surface area contributed by atoms with E-state index in [1.807, 2.05) is 53.2 Å². The molecule has 9 nitrogen and oxygen atoms in total. The Balaban J connectivity index is 0.000000360. The molecule has 9 heteroatoms. The maximum atomic E-state index is 3.97. The molecule has 1 N–H and O–H groups in total. The highest BCUT2D eigenvalue weighted by molar-refractivity contribution is 5.86. The zero-order chi connectivity index (χ0) is 22.0. The molecule has 0 spiro atoms. The monoisotopic (exact) mass is 425 g/mol. The lowest BCUT2D eigenvalue weighted by Gasteiger charge is -1.76. The molecule has 0 atom stereocenters. The molecule has 168 valence electrons. The number of aliphatic imine (C=N–C) groups is 3. The summed E-state index contributed by atoms with van der Waals surface area (Å²) in [5.41, 5.74) is 5.57. The molecule has 5 rings (SSSR count). The molecule has 31 heavy (non-hydrogen) atoms. The Hall–Kier alpha value is -3.36. The second kappa shape index (κ2) is 17.5. The van der Waals surface area contributed by atoms with Gasteiger partial charge in [0.1, 0.15) is 6.54 Å². The first kappa shape index (κ1) is 27.6. The van der Waals surface area contributed by atoms with Gasteiger partial charge in [0, 0.05) is 55.0 Å². The molecule has 0 radical (unpaired) electrons. The van der Waals surface area contributed by atoms with E-state index < -0.39 is 0 Å². The zero-order valence-electron chi connectivity index (χ0n) is 18.4. The zero-order valence-corrected chi connectivity index (χ0v) is 18.4. The minimum absolute atomic E-state index is 0. The number of rotatable bonds is 0. The summed E-state index contributed by atoms with van der Waals surface area (Å²) in [6, 6.07) is 0. The Labute approximate surface area is 185 Å². The van der Waals surface area contributed by atoms with E-state index in [4.69, 9.17) is 0 Å². The van der Waals surface area contributed by atoms with Gasteiger partial charge in [-0.15, -0.1) is 5.10 Å². The van der Waals surface area contributed by atoms with Crippen molar-refractivity contribution in [3.63, 3.8) is 0 Å². The van der Waals surface area contributed by atoms with Crippen LogP contribution in [0.3, 0.4) is 0 Å². The second-order valence-corrected chi connectivity index (χ2v) is 6.70. The van der Waals surface area contributed by atoms with Crippen molar-refractivity contribution in [2.24, 2.45) is 30.4 Å². The van der Waals surface area contributed by atoms with Crippen LogP contribution in [0.1, 0.15) is 60.1 Å². The number of aromatic nitrogens is 3. The van der Waals surface area contributed by atoms with E-state index in [9.17, 15) is 0 Å². The van der Waals surface area contributed by atoms with E-state index in [0.717, 1.165) is 30.7 Å². The first-order valence-corrected chi connectivity index (χ1v) is 9.74. The van der Waals surface area contributed by atoms with Gasteiger partial charge in [-0.25, -0.2) is 0 Å². The summed E-state index contributed by atoms with van der Waals surface area (Å²) in [6.45, 7) is 10.6. The fourth-order valence-electron chi connectivity index (χ4n) is 1.90. The number of H-pyrrole nitrogens is 1. The van der Waals surface area contributed by atoms with Crippen molar-refractivity contribution in [2.45, 2.75) is 61.3 Å². The lowest BCUT2D eigenvalue weighted by atomic mass is 10.3. The van der Waals surface area contributed by atoms with Crippen LogP contribution in [0.15, 0.2) is 73.4 Å². The van der Waals surface area contributed by atoms with Crippen molar-refractivity contribution < 1.29 is 0 Å². The Kier molecular flexibility index (Phi) is 15.6. The van der Waals surface area contributed by atoms with Gasteiger partial charge >= 0.3 is 0 Å². The molecule has 5 heterocycles. The van der Waals surface area contributed by atoms with Crippen LogP contribution in [0, 0.1) is 6.92 Å². The van der Waals surface area contributed by atoms with Crippen molar-refractivity contribution in [3.8, 4) is 0 Å². The first-order valence-electron chi connectivity index (χ1n) is 9.74. The molecule has 0 aliphatic carbocycles. The smallest absolute Gasteiger partial charge is 0.102 e. The van der Waals surface area contributed by atoms with Gasteiger partial charge in [-0.3, -0.25) is 15.0 Å². The van der Waals surface area contributed by atoms with E-state index in [0.29, 0.717) is 6.54 Å². The van der Waals surface area contributed by atoms with Gasteiger partial charge in [0.25, 0.3) is 0 Å². The molecule has 4 aliphatic heterocycles. The number of hydrogen-bond acceptors (Lipinski definition) is 8. The van der Waals surface area contributed by atoms with Crippen LogP contribution in [-0.4, -0.2) is 44.8 Å². The van der Waals surface area contributed by atoms with E-state index in [1.165, 1.54) is 17.1 Å². The van der Waals surface area contributed by atoms with E-state index in [1.54, 1.807) is 6.20 Å². The van der Waals surface area contributed by atoms with Gasteiger partial charge in [0.05, 0.1) is 17.6 Å². The molecule has 0 amide bonds. The molecular formula is C22H35N9. The number of hydrogen-bond donors (Lipinski definition) is 1. The summed E-state index contributed by atoms with van der Waals surface area (Å²) < 4.78 is 0. The maximum Gasteiger partial charge on any atom is 0.102 e. The average Bonchev–Trinajstić information content (AvgIpc) is 3.50. The predicted molar refractivity (Wildman–Crippen MR) is 131 cm³/mol. The maximum absolute atomic E-state index is 3.97. The Bertz CT molecular complexity index is 740. The number of aromatic amines is 1. The molecule has 0 aromatic carbocycles. The van der Waals surface area contributed by atoms with E-state index in [2.05, 4.69) is 64.1 Å². The quantitative estimate of drug-likeness (QED) is 0.576. The lowest BCUT2D eigenvalue weighted by Crippen LogP contribution is -1.87. The minimum Gasteiger partial charge on any atom is -0.266 e. The molecule has 1 aromatic heterocycles. The van der Waals surface area contributed by atoms with Crippen molar-refractivity contribution in [2.75, 3.05) is 6.54 Å². The normalized spacial score (nSPS) is 16.0. The number of allylic oxidation sites excluding steroid dienone is 3. The summed E-state index contributed by atoms with van der Waals surface area (Å²) >= 11 is 0. The predicted octanol–water partition coefficient (Wildman–Crippen LogP) is 5.67. The van der Waals surface area contributed by atoms with Crippen molar-refractivity contribution in [1.29, 1.82) is 0 Å². The van der Waals surface area contributed by atoms with E-state index >= 15 is 0 Å². The highest BCUT2D eigenvalue weighted by Crippen LogP contribution is 1.97. The van der Waals surface area contributed by atoms with Gasteiger partial charge in [-0.2, -0.15) is 20.5 Å². The van der Waals surface area contributed by atoms with Crippen molar-refractivity contribution >= 4 is 22.8 Å². The first-order chi connectivity index (χ1) is 14.5. The summed E-state index contributed by atoms with van der Waals surface area (Å²) in [5, 5.41) is 20.3. The second-order valence-electron chi connectivity index (χ2n) is 6.70. The van der Waals surface area contributed by atoms with Crippen LogP contribution in [-0.2, 0) is 0 Å². The summed E-state index contributed by atoms with van der Waals surface area (Å²) in [7, 11) is 0. The molecule has 1 aromatic rings. The topological polar surface area (TPSA) is 116 Å². The fraction of sp³-hybridized carbons (Fsp3) is 0.455. The van der Waals surface area contributed by atoms with Crippen LogP contribution >= 0.6 is 0 Å². The Morgan fingerprint density at radius 2 is 1.19 bits per heavy atom. The van der Waals surface area contributed by atoms with Gasteiger partial charge in [-0.1, -0.05) is 25.7 Å². The fourth-order valence-corrected chi connectivity index (χ4v) is 1.90. The molecular weight excluding hydrogens is 390 g/mol. The third kappa shape index (κ3) is 16.2. The van der Waals surface area contributed by atoms with Crippen LogP contribution in [0.25, 0.3) is 0 Å². The highest BCUT2D eigenvalue weighted by Gasteiger charge is 1.91. The highest BCUT2D eigenvalue weighted by atomic mass is 15.4. The molecule has 0 unspecified atom stereocenters. The van der Waals surface area contributed by atoms with Gasteiger partial charge in [-0.05, 0) is 39.8 Å². The minimum atomic E-state index is 0. The molecule has 0 bridgehead atoms. The molecule has 0 saturated heterocycles. The number of nitrogens with zero attached hydrogens (tertiary/aromatic N) is 8. The van der Waals surface area contributed by atoms with Crippen LogP contribution in [0.5, 0.6) is 0 Å². The largest absolute Gasteiger partial charge is 0.266 e. The summed E-state index contributed by atoms with van der Waals surface area (Å²) in [6.07, 6.45) is 16.5. The summed E-state index contributed by atoms with van der Waals surface area (Å²) in [4.78, 5) is 11.9. The molecule has 4 aliphatic rings. The van der Waals surface area contributed by atoms with Gasteiger partial charge < -0.3 is 0 Å². The average molecular weight is 426 g/mol. The summed E-state index contributed by atoms with van der Waals surface area (Å²) in [5.74, 6) is 0. The van der Waals surface area contributed by atoms with Crippen LogP contribution in [0.2, 0.25) is 0 Å². The third-order valence-electron chi connectivity index (χ3n) is 3.55. The van der Waals surface area contributed by atoms with Crippen molar-refractivity contribution in [1.82, 2.24) is 15.4 Å². The standard InChI is InChI=1S/3C5H7N.2C3H5N3.CH4/c3*1-5-3-2-4-6-5;2*1-3-2-4-6-5-3;/h3*2,4H,3H2,1H3;2H2,1H3;2H,1H3,(H,4,5,6);1H4. The van der Waals surface area contributed by atoms with Crippen molar-refractivity contribution in [3.05, 3.63) is 48.7 Å². The van der Waals surface area contributed by atoms with Crippen LogP contribution < -0.4 is 0 Å². The molecule has 0 fully saturated rings. The van der Waals surface area contributed by atoms with E-state index in [-0.39, 0.29) is 7.43 Å². The number of aryl methyl sites for hydroxylation is 1.